The smallest absolute Gasteiger partial charge is 0.00135 e. The first-order valence-corrected chi connectivity index (χ1v) is 9.96. The molecule has 6 rings (SSSR count). The summed E-state index contributed by atoms with van der Waals surface area (Å²) in [5.41, 5.74) is 11.2. The van der Waals surface area contributed by atoms with Crippen molar-refractivity contribution in [3.63, 3.8) is 0 Å². The molecular weight excluding hydrogens is 336 g/mol. The van der Waals surface area contributed by atoms with Gasteiger partial charge < -0.3 is 0 Å². The maximum absolute atomic E-state index is 2.37. The quantitative estimate of drug-likeness (QED) is 0.361. The highest BCUT2D eigenvalue weighted by molar-refractivity contribution is 6.07. The molecule has 4 aromatic rings. The van der Waals surface area contributed by atoms with E-state index in [1.807, 2.05) is 0 Å². The Morgan fingerprint density at radius 2 is 0.964 bits per heavy atom. The zero-order valence-corrected chi connectivity index (χ0v) is 15.7. The fourth-order valence-corrected chi connectivity index (χ4v) is 4.78. The molecule has 0 fully saturated rings. The van der Waals surface area contributed by atoms with Crippen LogP contribution in [0.2, 0.25) is 0 Å². The summed E-state index contributed by atoms with van der Waals surface area (Å²) >= 11 is 0. The van der Waals surface area contributed by atoms with Crippen LogP contribution in [0.5, 0.6) is 0 Å². The van der Waals surface area contributed by atoms with Gasteiger partial charge in [-0.25, -0.2) is 0 Å². The molecule has 4 aromatic carbocycles. The van der Waals surface area contributed by atoms with E-state index in [1.165, 1.54) is 55.3 Å². The standard InChI is InChI=1S/C28H20/c1-2-8-21-16-24(15-20(21)7-1)26-13-5-11-19-12-6-14-27(28(19)26)25-17-22-9-3-4-10-23(22)18-25/h1-15,17H,16,18H2. The molecule has 0 aromatic heterocycles. The van der Waals surface area contributed by atoms with Gasteiger partial charge >= 0.3 is 0 Å². The van der Waals surface area contributed by atoms with Crippen molar-refractivity contribution < 1.29 is 0 Å². The summed E-state index contributed by atoms with van der Waals surface area (Å²) in [5.74, 6) is 0. The van der Waals surface area contributed by atoms with Crippen molar-refractivity contribution in [2.45, 2.75) is 12.8 Å². The molecule has 0 atom stereocenters. The molecule has 0 nitrogen and oxygen atoms in total. The number of fused-ring (bicyclic) bond motifs is 3. The topological polar surface area (TPSA) is 0 Å². The average Bonchev–Trinajstić information content (AvgIpc) is 3.37. The molecule has 0 unspecified atom stereocenters. The second-order valence-electron chi connectivity index (χ2n) is 7.80. The maximum Gasteiger partial charge on any atom is -0.00135 e. The molecule has 2 aliphatic rings. The Morgan fingerprint density at radius 1 is 0.464 bits per heavy atom. The third-order valence-electron chi connectivity index (χ3n) is 6.13. The van der Waals surface area contributed by atoms with Gasteiger partial charge in [-0.3, -0.25) is 0 Å². The first-order chi connectivity index (χ1) is 13.9. The van der Waals surface area contributed by atoms with Crippen molar-refractivity contribution in [1.29, 1.82) is 0 Å². The van der Waals surface area contributed by atoms with Crippen LogP contribution in [-0.4, -0.2) is 0 Å². The van der Waals surface area contributed by atoms with E-state index in [-0.39, 0.29) is 0 Å². The predicted molar refractivity (Wildman–Crippen MR) is 120 cm³/mol. The highest BCUT2D eigenvalue weighted by Gasteiger charge is 2.20. The Morgan fingerprint density at radius 3 is 1.46 bits per heavy atom. The summed E-state index contributed by atoms with van der Waals surface area (Å²) in [6, 6.07) is 31.0. The van der Waals surface area contributed by atoms with Crippen molar-refractivity contribution in [1.82, 2.24) is 0 Å². The van der Waals surface area contributed by atoms with Crippen molar-refractivity contribution in [2.75, 3.05) is 0 Å². The summed E-state index contributed by atoms with van der Waals surface area (Å²) in [7, 11) is 0. The van der Waals surface area contributed by atoms with Gasteiger partial charge in [-0.15, -0.1) is 0 Å². The highest BCUT2D eigenvalue weighted by atomic mass is 14.2. The number of hydrogen-bond acceptors (Lipinski definition) is 0. The fraction of sp³-hybridized carbons (Fsp3) is 0.0714. The Bertz CT molecular complexity index is 1200. The van der Waals surface area contributed by atoms with Crippen LogP contribution < -0.4 is 0 Å². The molecule has 0 aliphatic heterocycles. The second kappa shape index (κ2) is 6.07. The van der Waals surface area contributed by atoms with E-state index < -0.39 is 0 Å². The van der Waals surface area contributed by atoms with Crippen LogP contribution in [0.1, 0.15) is 33.4 Å². The van der Waals surface area contributed by atoms with Gasteiger partial charge in [0.2, 0.25) is 0 Å². The van der Waals surface area contributed by atoms with Crippen molar-refractivity contribution in [3.8, 4) is 0 Å². The molecule has 2 aliphatic carbocycles. The molecular formula is C28H20. The van der Waals surface area contributed by atoms with Crippen LogP contribution in [-0.2, 0) is 12.8 Å². The van der Waals surface area contributed by atoms with Crippen LogP contribution in [0.3, 0.4) is 0 Å². The first kappa shape index (κ1) is 15.7. The molecule has 0 spiro atoms. The normalized spacial score (nSPS) is 14.6. The Labute approximate surface area is 165 Å². The van der Waals surface area contributed by atoms with Gasteiger partial charge in [0, 0.05) is 0 Å². The van der Waals surface area contributed by atoms with E-state index in [4.69, 9.17) is 0 Å². The number of allylic oxidation sites excluding steroid dienone is 2. The maximum atomic E-state index is 2.37. The van der Waals surface area contributed by atoms with Gasteiger partial charge in [0.25, 0.3) is 0 Å². The third-order valence-corrected chi connectivity index (χ3v) is 6.13. The molecule has 0 amide bonds. The lowest BCUT2D eigenvalue weighted by atomic mass is 9.90. The molecule has 132 valence electrons. The van der Waals surface area contributed by atoms with Crippen LogP contribution in [0.4, 0.5) is 0 Å². The van der Waals surface area contributed by atoms with Gasteiger partial charge in [-0.1, -0.05) is 97.1 Å². The lowest BCUT2D eigenvalue weighted by Gasteiger charge is -2.14. The molecule has 0 N–H and O–H groups in total. The summed E-state index contributed by atoms with van der Waals surface area (Å²) in [6.45, 7) is 0. The molecule has 0 heteroatoms. The average molecular weight is 356 g/mol. The van der Waals surface area contributed by atoms with E-state index in [0.29, 0.717) is 0 Å². The minimum absolute atomic E-state index is 1.02. The monoisotopic (exact) mass is 356 g/mol. The van der Waals surface area contributed by atoms with Gasteiger partial charge in [0.1, 0.15) is 0 Å². The van der Waals surface area contributed by atoms with Gasteiger partial charge in [0.15, 0.2) is 0 Å². The molecule has 0 saturated carbocycles. The van der Waals surface area contributed by atoms with Crippen molar-refractivity contribution in [2.24, 2.45) is 0 Å². The SMILES string of the molecule is C1=C(c2cccc3cccc(C4=Cc5ccccc5C4)c23)Cc2ccccc21. The van der Waals surface area contributed by atoms with Crippen LogP contribution in [0, 0.1) is 0 Å². The van der Waals surface area contributed by atoms with E-state index >= 15 is 0 Å². The van der Waals surface area contributed by atoms with Gasteiger partial charge in [-0.2, -0.15) is 0 Å². The van der Waals surface area contributed by atoms with Crippen molar-refractivity contribution in [3.05, 3.63) is 118 Å². The Balaban J connectivity index is 1.54. The van der Waals surface area contributed by atoms with E-state index in [2.05, 4.69) is 97.1 Å². The molecule has 0 heterocycles. The Hall–Kier alpha value is -3.38. The highest BCUT2D eigenvalue weighted by Crippen LogP contribution is 2.40. The summed E-state index contributed by atoms with van der Waals surface area (Å²) in [5, 5.41) is 2.71. The number of hydrogen-bond donors (Lipinski definition) is 0. The summed E-state index contributed by atoms with van der Waals surface area (Å²) in [4.78, 5) is 0. The predicted octanol–water partition coefficient (Wildman–Crippen LogP) is 7.03. The van der Waals surface area contributed by atoms with E-state index in [1.54, 1.807) is 0 Å². The summed E-state index contributed by atoms with van der Waals surface area (Å²) < 4.78 is 0. The Kier molecular flexibility index (Phi) is 3.39. The van der Waals surface area contributed by atoms with E-state index in [0.717, 1.165) is 12.8 Å². The van der Waals surface area contributed by atoms with Gasteiger partial charge in [0.05, 0.1) is 0 Å². The largest absolute Gasteiger partial charge is 0.0619 e. The van der Waals surface area contributed by atoms with Crippen LogP contribution in [0.15, 0.2) is 84.9 Å². The van der Waals surface area contributed by atoms with Crippen LogP contribution in [0.25, 0.3) is 34.1 Å². The number of benzene rings is 4. The number of rotatable bonds is 2. The first-order valence-electron chi connectivity index (χ1n) is 9.96. The van der Waals surface area contributed by atoms with E-state index in [9.17, 15) is 0 Å². The zero-order valence-electron chi connectivity index (χ0n) is 15.7. The van der Waals surface area contributed by atoms with Crippen LogP contribution >= 0.6 is 0 Å². The minimum atomic E-state index is 1.02. The third kappa shape index (κ3) is 2.38. The minimum Gasteiger partial charge on any atom is -0.0619 e. The zero-order chi connectivity index (χ0) is 18.5. The molecule has 0 bridgehead atoms. The second-order valence-corrected chi connectivity index (χ2v) is 7.80. The van der Waals surface area contributed by atoms with Gasteiger partial charge in [-0.05, 0) is 68.1 Å². The lowest BCUT2D eigenvalue weighted by molar-refractivity contribution is 1.31. The molecule has 0 saturated heterocycles. The molecule has 0 radical (unpaired) electrons. The summed E-state index contributed by atoms with van der Waals surface area (Å²) in [6.07, 6.45) is 6.78. The fourth-order valence-electron chi connectivity index (χ4n) is 4.78. The van der Waals surface area contributed by atoms with Crippen molar-refractivity contribution >= 4 is 34.1 Å². The molecule has 28 heavy (non-hydrogen) atoms. The lowest BCUT2D eigenvalue weighted by Crippen LogP contribution is -1.93.